The molecule has 0 aromatic heterocycles. The summed E-state index contributed by atoms with van der Waals surface area (Å²) in [6.45, 7) is 6.10. The van der Waals surface area contributed by atoms with E-state index in [0.29, 0.717) is 17.2 Å². The molecular weight excluding hydrogens is 334 g/mol. The van der Waals surface area contributed by atoms with Crippen molar-refractivity contribution >= 4 is 5.91 Å². The number of rotatable bonds is 4. The second-order valence-corrected chi connectivity index (χ2v) is 9.97. The minimum absolute atomic E-state index is 0.170. The van der Waals surface area contributed by atoms with Gasteiger partial charge >= 0.3 is 0 Å². The van der Waals surface area contributed by atoms with E-state index in [9.17, 15) is 4.79 Å². The first-order valence-corrected chi connectivity index (χ1v) is 10.9. The van der Waals surface area contributed by atoms with Crippen LogP contribution in [0, 0.1) is 16.7 Å². The van der Waals surface area contributed by atoms with Gasteiger partial charge in [0, 0.05) is 26.2 Å². The first-order valence-electron chi connectivity index (χ1n) is 10.9. The number of carbonyl (C=O) groups excluding carboxylic acids is 1. The van der Waals surface area contributed by atoms with E-state index in [1.54, 1.807) is 0 Å². The van der Waals surface area contributed by atoms with E-state index >= 15 is 0 Å². The van der Waals surface area contributed by atoms with Crippen molar-refractivity contribution in [3.63, 3.8) is 0 Å². The van der Waals surface area contributed by atoms with E-state index in [4.69, 9.17) is 0 Å². The van der Waals surface area contributed by atoms with Crippen LogP contribution in [0.4, 0.5) is 0 Å². The molecule has 5 aliphatic rings. The summed E-state index contributed by atoms with van der Waals surface area (Å²) < 4.78 is 0. The predicted molar refractivity (Wildman–Crippen MR) is 107 cm³/mol. The molecule has 27 heavy (non-hydrogen) atoms. The maximum Gasteiger partial charge on any atom is 0.240 e. The maximum atomic E-state index is 13.6. The fourth-order valence-corrected chi connectivity index (χ4v) is 7.44. The lowest BCUT2D eigenvalue weighted by Gasteiger charge is -2.66. The monoisotopic (exact) mass is 367 g/mol. The van der Waals surface area contributed by atoms with Crippen LogP contribution in [-0.4, -0.2) is 37.1 Å². The van der Waals surface area contributed by atoms with E-state index in [0.717, 1.165) is 45.4 Å². The summed E-state index contributed by atoms with van der Waals surface area (Å²) in [5.41, 5.74) is 5.21. The number of amides is 1. The Labute approximate surface area is 163 Å². The van der Waals surface area contributed by atoms with Crippen LogP contribution in [0.5, 0.6) is 0 Å². The van der Waals surface area contributed by atoms with Crippen LogP contribution >= 0.6 is 0 Å². The van der Waals surface area contributed by atoms with Crippen molar-refractivity contribution in [2.24, 2.45) is 16.7 Å². The largest absolute Gasteiger partial charge is 0.314 e. The van der Waals surface area contributed by atoms with Crippen LogP contribution in [0.25, 0.3) is 0 Å². The van der Waals surface area contributed by atoms with Gasteiger partial charge in [-0.1, -0.05) is 43.7 Å². The number of piperazine rings is 1. The molecule has 4 saturated carbocycles. The van der Waals surface area contributed by atoms with Crippen molar-refractivity contribution in [3.8, 4) is 0 Å². The highest BCUT2D eigenvalue weighted by Gasteiger charge is 2.65. The molecule has 1 amide bonds. The average molecular weight is 368 g/mol. The molecule has 4 nitrogen and oxygen atoms in total. The van der Waals surface area contributed by atoms with Crippen LogP contribution < -0.4 is 10.7 Å². The molecule has 6 rings (SSSR count). The Balaban J connectivity index is 1.48. The van der Waals surface area contributed by atoms with Crippen LogP contribution in [0.2, 0.25) is 0 Å². The molecule has 1 heterocycles. The molecule has 3 unspecified atom stereocenters. The number of benzene rings is 1. The molecule has 4 atom stereocenters. The van der Waals surface area contributed by atoms with Crippen molar-refractivity contribution in [1.82, 2.24) is 15.8 Å². The molecule has 1 aliphatic heterocycles. The lowest BCUT2D eigenvalue weighted by Crippen LogP contribution is -2.64. The summed E-state index contributed by atoms with van der Waals surface area (Å²) in [6, 6.07) is 11.1. The maximum absolute atomic E-state index is 13.6. The standard InChI is InChI=1S/C23H33N3O/c1-2-21-12-18-13-22(15-21,19-6-4-3-5-7-19)17-23(14-18,16-21)20(27)25-26-10-8-24-9-11-26/h3-7,18,24H,2,8-17H2,1H3,(H,25,27)/t18?,21?,22-,23?/m1/s1. The van der Waals surface area contributed by atoms with E-state index < -0.39 is 0 Å². The van der Waals surface area contributed by atoms with Gasteiger partial charge in [0.15, 0.2) is 0 Å². The molecule has 4 aliphatic carbocycles. The highest BCUT2D eigenvalue weighted by atomic mass is 16.2. The van der Waals surface area contributed by atoms with Gasteiger partial charge in [0.05, 0.1) is 5.41 Å². The molecule has 0 spiro atoms. The zero-order chi connectivity index (χ0) is 18.5. The normalized spacial score (nSPS) is 40.9. The van der Waals surface area contributed by atoms with Gasteiger partial charge in [-0.3, -0.25) is 10.2 Å². The average Bonchev–Trinajstić information content (AvgIpc) is 2.68. The molecule has 5 fully saturated rings. The molecule has 4 bridgehead atoms. The molecule has 4 heteroatoms. The minimum atomic E-state index is -0.170. The van der Waals surface area contributed by atoms with E-state index in [1.165, 1.54) is 31.2 Å². The van der Waals surface area contributed by atoms with Crippen molar-refractivity contribution in [1.29, 1.82) is 0 Å². The van der Waals surface area contributed by atoms with Crippen LogP contribution in [0.1, 0.15) is 57.4 Å². The molecule has 1 aromatic carbocycles. The molecular formula is C23H33N3O. The highest BCUT2D eigenvalue weighted by Crippen LogP contribution is 2.71. The third-order valence-corrected chi connectivity index (χ3v) is 8.18. The lowest BCUT2D eigenvalue weighted by atomic mass is 9.38. The van der Waals surface area contributed by atoms with Crippen molar-refractivity contribution in [3.05, 3.63) is 35.9 Å². The van der Waals surface area contributed by atoms with Gasteiger partial charge < -0.3 is 5.32 Å². The van der Waals surface area contributed by atoms with Crippen LogP contribution in [0.3, 0.4) is 0 Å². The number of hydrazine groups is 1. The molecule has 1 aromatic rings. The summed E-state index contributed by atoms with van der Waals surface area (Å²) in [4.78, 5) is 13.6. The van der Waals surface area contributed by atoms with Gasteiger partial charge in [0.1, 0.15) is 0 Å². The number of carbonyl (C=O) groups is 1. The van der Waals surface area contributed by atoms with Crippen molar-refractivity contribution < 1.29 is 4.79 Å². The van der Waals surface area contributed by atoms with Crippen molar-refractivity contribution in [2.45, 2.75) is 57.3 Å². The minimum Gasteiger partial charge on any atom is -0.314 e. The van der Waals surface area contributed by atoms with E-state index in [-0.39, 0.29) is 10.8 Å². The first-order chi connectivity index (χ1) is 13.1. The Kier molecular flexibility index (Phi) is 4.14. The summed E-state index contributed by atoms with van der Waals surface area (Å²) in [5.74, 6) is 1.02. The first kappa shape index (κ1) is 17.7. The third-order valence-electron chi connectivity index (χ3n) is 8.18. The summed E-state index contributed by atoms with van der Waals surface area (Å²) in [7, 11) is 0. The van der Waals surface area contributed by atoms with Gasteiger partial charge in [-0.2, -0.15) is 0 Å². The fraction of sp³-hybridized carbons (Fsp3) is 0.696. The molecule has 2 N–H and O–H groups in total. The Hall–Kier alpha value is -1.39. The number of hydrogen-bond donors (Lipinski definition) is 2. The Bertz CT molecular complexity index is 716. The Morgan fingerprint density at radius 1 is 1.11 bits per heavy atom. The molecule has 1 saturated heterocycles. The number of hydrogen-bond acceptors (Lipinski definition) is 3. The Morgan fingerprint density at radius 3 is 2.63 bits per heavy atom. The number of nitrogens with zero attached hydrogens (tertiary/aromatic N) is 1. The van der Waals surface area contributed by atoms with E-state index in [1.807, 2.05) is 0 Å². The van der Waals surface area contributed by atoms with Gasteiger partial charge in [0.25, 0.3) is 0 Å². The zero-order valence-electron chi connectivity index (χ0n) is 16.6. The third kappa shape index (κ3) is 2.84. The quantitative estimate of drug-likeness (QED) is 0.859. The topological polar surface area (TPSA) is 44.4 Å². The van der Waals surface area contributed by atoms with Gasteiger partial charge in [-0.05, 0) is 60.8 Å². The lowest BCUT2D eigenvalue weighted by molar-refractivity contribution is -0.167. The second kappa shape index (κ2) is 6.31. The number of nitrogens with one attached hydrogen (secondary N) is 2. The summed E-state index contributed by atoms with van der Waals surface area (Å²) in [5, 5.41) is 5.52. The molecule has 0 radical (unpaired) electrons. The van der Waals surface area contributed by atoms with E-state index in [2.05, 4.69) is 53.0 Å². The summed E-state index contributed by atoms with van der Waals surface area (Å²) in [6.07, 6.45) is 8.34. The zero-order valence-corrected chi connectivity index (χ0v) is 16.6. The van der Waals surface area contributed by atoms with Gasteiger partial charge in [-0.15, -0.1) is 0 Å². The molecule has 146 valence electrons. The predicted octanol–water partition coefficient (Wildman–Crippen LogP) is 3.24. The van der Waals surface area contributed by atoms with Crippen LogP contribution in [-0.2, 0) is 10.2 Å². The van der Waals surface area contributed by atoms with Crippen LogP contribution in [0.15, 0.2) is 30.3 Å². The fourth-order valence-electron chi connectivity index (χ4n) is 7.44. The van der Waals surface area contributed by atoms with Crippen molar-refractivity contribution in [2.75, 3.05) is 26.2 Å². The highest BCUT2D eigenvalue weighted by molar-refractivity contribution is 5.83. The van der Waals surface area contributed by atoms with Gasteiger partial charge in [-0.25, -0.2) is 5.01 Å². The SMILES string of the molecule is CCC12CC3CC(C(=O)NN4CCNCC4)(C1)C[C@@](c1ccccc1)(C3)C2. The summed E-state index contributed by atoms with van der Waals surface area (Å²) >= 11 is 0. The smallest absolute Gasteiger partial charge is 0.240 e. The second-order valence-electron chi connectivity index (χ2n) is 9.97. The van der Waals surface area contributed by atoms with Gasteiger partial charge in [0.2, 0.25) is 5.91 Å². The Morgan fingerprint density at radius 2 is 1.89 bits per heavy atom.